The van der Waals surface area contributed by atoms with Gasteiger partial charge in [0, 0.05) is 56.2 Å². The van der Waals surface area contributed by atoms with Crippen LogP contribution in [0.1, 0.15) is 27.4 Å². The zero-order valence-electron chi connectivity index (χ0n) is 14.4. The van der Waals surface area contributed by atoms with Crippen LogP contribution in [-0.2, 0) is 9.53 Å². The van der Waals surface area contributed by atoms with Crippen molar-refractivity contribution in [2.75, 3.05) is 39.4 Å². The van der Waals surface area contributed by atoms with Crippen molar-refractivity contribution in [1.29, 1.82) is 0 Å². The molecule has 3 saturated heterocycles. The molecular weight excluding hydrogens is 340 g/mol. The monoisotopic (exact) mass is 364 g/mol. The molecule has 1 aromatic rings. The number of thiophene rings is 1. The van der Waals surface area contributed by atoms with E-state index in [-0.39, 0.29) is 11.8 Å². The number of ether oxygens (including phenoxy) is 1. The molecular formula is C18H24N2O4S. The van der Waals surface area contributed by atoms with Crippen molar-refractivity contribution in [1.82, 2.24) is 9.80 Å². The molecule has 4 rings (SSSR count). The predicted molar refractivity (Wildman–Crippen MR) is 93.9 cm³/mol. The first-order chi connectivity index (χ1) is 12.0. The number of aliphatic carboxylic acids is 1. The van der Waals surface area contributed by atoms with Crippen LogP contribution >= 0.6 is 11.3 Å². The Labute approximate surface area is 151 Å². The van der Waals surface area contributed by atoms with E-state index < -0.39 is 11.4 Å². The summed E-state index contributed by atoms with van der Waals surface area (Å²) in [6, 6.07) is 4.20. The smallest absolute Gasteiger partial charge is 0.313 e. The molecule has 1 N–H and O–H groups in total. The van der Waals surface area contributed by atoms with Crippen molar-refractivity contribution < 1.29 is 19.4 Å². The number of carboxylic acids is 1. The molecule has 0 unspecified atom stereocenters. The molecule has 1 amide bonds. The third kappa shape index (κ3) is 2.88. The number of nitrogens with zero attached hydrogens (tertiary/aromatic N) is 2. The summed E-state index contributed by atoms with van der Waals surface area (Å²) in [6.45, 7) is 5.67. The van der Waals surface area contributed by atoms with Crippen molar-refractivity contribution >= 4 is 23.2 Å². The lowest BCUT2D eigenvalue weighted by Crippen LogP contribution is -2.45. The van der Waals surface area contributed by atoms with Gasteiger partial charge in [0.2, 0.25) is 0 Å². The molecule has 2 atom stereocenters. The standard InChI is InChI=1S/C18H24N2O4S/c1-12-2-3-15(25-12)16(21)20-9-13-8-19(14-4-6-24-7-5-14)10-18(13,11-20)17(22)23/h2-3,13-14H,4-11H2,1H3,(H,22,23)/t13-,18-/m0/s1. The second-order valence-corrected chi connectivity index (χ2v) is 8.82. The fourth-order valence-electron chi connectivity index (χ4n) is 4.59. The molecule has 7 heteroatoms. The van der Waals surface area contributed by atoms with Gasteiger partial charge in [-0.2, -0.15) is 0 Å². The Hall–Kier alpha value is -1.44. The van der Waals surface area contributed by atoms with Gasteiger partial charge in [0.15, 0.2) is 0 Å². The number of aryl methyl sites for hydroxylation is 1. The van der Waals surface area contributed by atoms with Crippen molar-refractivity contribution in [2.24, 2.45) is 11.3 Å². The minimum Gasteiger partial charge on any atom is -0.481 e. The largest absolute Gasteiger partial charge is 0.481 e. The average Bonchev–Trinajstić information content (AvgIpc) is 3.27. The highest BCUT2D eigenvalue weighted by molar-refractivity contribution is 7.13. The molecule has 1 aromatic heterocycles. The number of hydrogen-bond donors (Lipinski definition) is 1. The Bertz CT molecular complexity index is 684. The summed E-state index contributed by atoms with van der Waals surface area (Å²) >= 11 is 1.48. The topological polar surface area (TPSA) is 70.1 Å². The molecule has 136 valence electrons. The highest BCUT2D eigenvalue weighted by atomic mass is 32.1. The quantitative estimate of drug-likeness (QED) is 0.884. The molecule has 0 saturated carbocycles. The van der Waals surface area contributed by atoms with Crippen molar-refractivity contribution in [3.63, 3.8) is 0 Å². The van der Waals surface area contributed by atoms with Crippen LogP contribution in [0.2, 0.25) is 0 Å². The van der Waals surface area contributed by atoms with Gasteiger partial charge in [-0.25, -0.2) is 0 Å². The van der Waals surface area contributed by atoms with Crippen LogP contribution in [0.15, 0.2) is 12.1 Å². The predicted octanol–water partition coefficient (Wildman–Crippen LogP) is 1.69. The van der Waals surface area contributed by atoms with Gasteiger partial charge in [0.05, 0.1) is 4.88 Å². The van der Waals surface area contributed by atoms with Crippen LogP contribution in [-0.4, -0.2) is 72.2 Å². The van der Waals surface area contributed by atoms with Crippen LogP contribution < -0.4 is 0 Å². The lowest BCUT2D eigenvalue weighted by atomic mass is 9.81. The fourth-order valence-corrected chi connectivity index (χ4v) is 5.43. The van der Waals surface area contributed by atoms with Crippen LogP contribution in [0, 0.1) is 18.3 Å². The lowest BCUT2D eigenvalue weighted by molar-refractivity contribution is -0.148. The Morgan fingerprint density at radius 3 is 2.60 bits per heavy atom. The van der Waals surface area contributed by atoms with Gasteiger partial charge in [-0.15, -0.1) is 11.3 Å². The van der Waals surface area contributed by atoms with Gasteiger partial charge in [0.1, 0.15) is 5.41 Å². The number of likely N-dealkylation sites (tertiary alicyclic amines) is 2. The van der Waals surface area contributed by atoms with E-state index in [1.807, 2.05) is 19.1 Å². The molecule has 0 radical (unpaired) electrons. The van der Waals surface area contributed by atoms with Gasteiger partial charge < -0.3 is 14.7 Å². The van der Waals surface area contributed by atoms with E-state index in [0.29, 0.717) is 30.6 Å². The molecule has 3 aliphatic heterocycles. The summed E-state index contributed by atoms with van der Waals surface area (Å²) in [5.41, 5.74) is -0.819. The Morgan fingerprint density at radius 1 is 1.24 bits per heavy atom. The van der Waals surface area contributed by atoms with Crippen LogP contribution in [0.3, 0.4) is 0 Å². The number of carbonyl (C=O) groups excluding carboxylic acids is 1. The first kappa shape index (κ1) is 17.0. The maximum absolute atomic E-state index is 12.8. The molecule has 0 bridgehead atoms. The number of carboxylic acid groups (broad SMARTS) is 1. The van der Waals surface area contributed by atoms with Gasteiger partial charge >= 0.3 is 5.97 Å². The maximum atomic E-state index is 12.8. The Balaban J connectivity index is 1.51. The fraction of sp³-hybridized carbons (Fsp3) is 0.667. The third-order valence-corrected chi connectivity index (χ3v) is 7.00. The summed E-state index contributed by atoms with van der Waals surface area (Å²) in [5.74, 6) is -0.770. The van der Waals surface area contributed by atoms with Crippen LogP contribution in [0.4, 0.5) is 0 Å². The summed E-state index contributed by atoms with van der Waals surface area (Å²) in [5, 5.41) is 9.98. The summed E-state index contributed by atoms with van der Waals surface area (Å²) in [7, 11) is 0. The molecule has 0 spiro atoms. The van der Waals surface area contributed by atoms with E-state index in [1.54, 1.807) is 4.90 Å². The van der Waals surface area contributed by atoms with Crippen LogP contribution in [0.25, 0.3) is 0 Å². The number of rotatable bonds is 3. The molecule has 25 heavy (non-hydrogen) atoms. The molecule has 6 nitrogen and oxygen atoms in total. The van der Waals surface area contributed by atoms with Crippen molar-refractivity contribution in [3.05, 3.63) is 21.9 Å². The van der Waals surface area contributed by atoms with Gasteiger partial charge in [0.25, 0.3) is 5.91 Å². The highest BCUT2D eigenvalue weighted by Gasteiger charge is 2.59. The van der Waals surface area contributed by atoms with E-state index in [4.69, 9.17) is 4.74 Å². The second-order valence-electron chi connectivity index (χ2n) is 7.53. The third-order valence-electron chi connectivity index (χ3n) is 6.01. The highest BCUT2D eigenvalue weighted by Crippen LogP contribution is 2.44. The zero-order valence-corrected chi connectivity index (χ0v) is 15.3. The summed E-state index contributed by atoms with van der Waals surface area (Å²) in [4.78, 5) is 30.8. The molecule has 3 aliphatic rings. The minimum atomic E-state index is -0.819. The van der Waals surface area contributed by atoms with Gasteiger partial charge in [-0.05, 0) is 31.9 Å². The number of hydrogen-bond acceptors (Lipinski definition) is 5. The minimum absolute atomic E-state index is 0.0119. The molecule has 0 aliphatic carbocycles. The first-order valence-electron chi connectivity index (χ1n) is 8.90. The molecule has 3 fully saturated rings. The zero-order chi connectivity index (χ0) is 17.6. The van der Waals surface area contributed by atoms with Crippen molar-refractivity contribution in [3.8, 4) is 0 Å². The summed E-state index contributed by atoms with van der Waals surface area (Å²) in [6.07, 6.45) is 1.94. The normalized spacial score (nSPS) is 30.6. The van der Waals surface area contributed by atoms with Crippen LogP contribution in [0.5, 0.6) is 0 Å². The van der Waals surface area contributed by atoms with Crippen molar-refractivity contribution in [2.45, 2.75) is 25.8 Å². The Kier molecular flexibility index (Phi) is 4.33. The SMILES string of the molecule is Cc1ccc(C(=O)N2C[C@@H]3CN(C4CCOCC4)C[C@]3(C(=O)O)C2)s1. The number of amides is 1. The summed E-state index contributed by atoms with van der Waals surface area (Å²) < 4.78 is 5.43. The lowest BCUT2D eigenvalue weighted by Gasteiger charge is -2.33. The van der Waals surface area contributed by atoms with E-state index >= 15 is 0 Å². The second kappa shape index (κ2) is 6.37. The maximum Gasteiger partial charge on any atom is 0.313 e. The van der Waals surface area contributed by atoms with E-state index in [1.165, 1.54) is 11.3 Å². The first-order valence-corrected chi connectivity index (χ1v) is 9.72. The molecule has 4 heterocycles. The molecule has 0 aromatic carbocycles. The van der Waals surface area contributed by atoms with E-state index in [2.05, 4.69) is 4.90 Å². The number of fused-ring (bicyclic) bond motifs is 1. The van der Waals surface area contributed by atoms with Gasteiger partial charge in [-0.3, -0.25) is 14.5 Å². The van der Waals surface area contributed by atoms with Gasteiger partial charge in [-0.1, -0.05) is 0 Å². The average molecular weight is 364 g/mol. The van der Waals surface area contributed by atoms with E-state index in [9.17, 15) is 14.7 Å². The Morgan fingerprint density at radius 2 is 2.00 bits per heavy atom. The van der Waals surface area contributed by atoms with E-state index in [0.717, 1.165) is 37.5 Å². The number of carbonyl (C=O) groups is 2.